The molecule has 98 valence electrons. The lowest BCUT2D eigenvalue weighted by Crippen LogP contribution is -2.33. The van der Waals surface area contributed by atoms with Gasteiger partial charge in [0.1, 0.15) is 5.41 Å². The fourth-order valence-electron chi connectivity index (χ4n) is 1.61. The summed E-state index contributed by atoms with van der Waals surface area (Å²) in [6.07, 6.45) is 1.02. The lowest BCUT2D eigenvalue weighted by atomic mass is 9.83. The molecule has 0 atom stereocenters. The monoisotopic (exact) mass is 265 g/mol. The van der Waals surface area contributed by atoms with Gasteiger partial charge in [-0.2, -0.15) is 5.26 Å². The summed E-state index contributed by atoms with van der Waals surface area (Å²) in [5.74, 6) is 0.0876. The number of nitrogens with zero attached hydrogens (tertiary/aromatic N) is 2. The van der Waals surface area contributed by atoms with E-state index in [1.54, 1.807) is 0 Å². The summed E-state index contributed by atoms with van der Waals surface area (Å²) >= 11 is 1.40. The lowest BCUT2D eigenvalue weighted by Gasteiger charge is -2.21. The highest BCUT2D eigenvalue weighted by atomic mass is 32.1. The van der Waals surface area contributed by atoms with E-state index in [9.17, 15) is 10.1 Å². The van der Waals surface area contributed by atoms with Crippen molar-refractivity contribution in [3.8, 4) is 6.07 Å². The number of hydrogen-bond acceptors (Lipinski definition) is 4. The largest absolute Gasteiger partial charge is 0.301 e. The summed E-state index contributed by atoms with van der Waals surface area (Å²) in [5, 5.41) is 14.5. The molecular weight excluding hydrogens is 246 g/mol. The zero-order chi connectivity index (χ0) is 13.8. The van der Waals surface area contributed by atoms with Gasteiger partial charge in [0, 0.05) is 5.38 Å². The Labute approximate surface area is 112 Å². The molecule has 5 heteroatoms. The maximum atomic E-state index is 12.1. The first kappa shape index (κ1) is 14.7. The molecule has 0 aliphatic carbocycles. The summed E-state index contributed by atoms with van der Waals surface area (Å²) in [7, 11) is 0. The molecule has 1 aromatic heterocycles. The normalized spacial score (nSPS) is 11.3. The number of rotatable bonds is 5. The van der Waals surface area contributed by atoms with E-state index in [0.29, 0.717) is 23.9 Å². The molecule has 1 rings (SSSR count). The van der Waals surface area contributed by atoms with E-state index in [-0.39, 0.29) is 5.91 Å². The van der Waals surface area contributed by atoms with Crippen molar-refractivity contribution < 1.29 is 4.79 Å². The van der Waals surface area contributed by atoms with Crippen molar-refractivity contribution in [1.82, 2.24) is 4.98 Å². The van der Waals surface area contributed by atoms with Crippen LogP contribution >= 0.6 is 11.3 Å². The van der Waals surface area contributed by atoms with E-state index < -0.39 is 5.41 Å². The van der Waals surface area contributed by atoms with Crippen molar-refractivity contribution in [3.05, 3.63) is 11.1 Å². The molecule has 0 aromatic carbocycles. The minimum atomic E-state index is -0.941. The number of aromatic nitrogens is 1. The van der Waals surface area contributed by atoms with Gasteiger partial charge in [-0.15, -0.1) is 11.3 Å². The molecule has 18 heavy (non-hydrogen) atoms. The quantitative estimate of drug-likeness (QED) is 0.885. The van der Waals surface area contributed by atoms with Crippen LogP contribution in [0.25, 0.3) is 0 Å². The Hall–Kier alpha value is -1.41. The van der Waals surface area contributed by atoms with Crippen molar-refractivity contribution in [2.24, 2.45) is 5.41 Å². The predicted octanol–water partition coefficient (Wildman–Crippen LogP) is 3.53. The molecule has 1 aromatic rings. The van der Waals surface area contributed by atoms with Crippen molar-refractivity contribution in [1.29, 1.82) is 5.26 Å². The second-order valence-electron chi connectivity index (χ2n) is 4.59. The third-order valence-electron chi connectivity index (χ3n) is 3.19. The maximum Gasteiger partial charge on any atom is 0.246 e. The molecule has 1 heterocycles. The molecule has 0 radical (unpaired) electrons. The number of nitrogens with one attached hydrogen (secondary N) is 1. The summed E-state index contributed by atoms with van der Waals surface area (Å²) in [6, 6.07) is 2.13. The zero-order valence-corrected chi connectivity index (χ0v) is 12.1. The molecule has 0 unspecified atom stereocenters. The van der Waals surface area contributed by atoms with Gasteiger partial charge in [0.15, 0.2) is 5.13 Å². The van der Waals surface area contributed by atoms with Gasteiger partial charge in [0.25, 0.3) is 0 Å². The van der Waals surface area contributed by atoms with Gasteiger partial charge in [0.2, 0.25) is 5.91 Å². The van der Waals surface area contributed by atoms with Crippen LogP contribution in [-0.2, 0) is 4.79 Å². The van der Waals surface area contributed by atoms with E-state index in [0.717, 1.165) is 5.69 Å². The Kier molecular flexibility index (Phi) is 4.85. The van der Waals surface area contributed by atoms with Crippen LogP contribution in [0.5, 0.6) is 0 Å². The van der Waals surface area contributed by atoms with Crippen LogP contribution in [0.15, 0.2) is 5.38 Å². The van der Waals surface area contributed by atoms with Crippen LogP contribution < -0.4 is 5.32 Å². The summed E-state index contributed by atoms with van der Waals surface area (Å²) in [5.41, 5.74) is 0.0229. The van der Waals surface area contributed by atoms with Crippen LogP contribution in [0.3, 0.4) is 0 Å². The minimum Gasteiger partial charge on any atom is -0.301 e. The molecule has 0 saturated carbocycles. The molecule has 0 aliphatic heterocycles. The predicted molar refractivity (Wildman–Crippen MR) is 73.5 cm³/mol. The van der Waals surface area contributed by atoms with Crippen molar-refractivity contribution in [2.45, 2.75) is 46.5 Å². The van der Waals surface area contributed by atoms with E-state index in [1.807, 2.05) is 19.2 Å². The summed E-state index contributed by atoms with van der Waals surface area (Å²) in [6.45, 7) is 7.82. The topological polar surface area (TPSA) is 65.8 Å². The highest BCUT2D eigenvalue weighted by Crippen LogP contribution is 2.29. The Morgan fingerprint density at radius 3 is 2.56 bits per heavy atom. The fraction of sp³-hybridized carbons (Fsp3) is 0.615. The number of amides is 1. The Morgan fingerprint density at radius 1 is 1.56 bits per heavy atom. The fourth-order valence-corrected chi connectivity index (χ4v) is 2.47. The summed E-state index contributed by atoms with van der Waals surface area (Å²) < 4.78 is 0. The molecule has 1 amide bonds. The Bertz CT molecular complexity index is 455. The minimum absolute atomic E-state index is 0.250. The van der Waals surface area contributed by atoms with Crippen molar-refractivity contribution in [2.75, 3.05) is 5.32 Å². The summed E-state index contributed by atoms with van der Waals surface area (Å²) in [4.78, 5) is 16.5. The van der Waals surface area contributed by atoms with Gasteiger partial charge in [0.05, 0.1) is 11.8 Å². The zero-order valence-electron chi connectivity index (χ0n) is 11.3. The number of carbonyl (C=O) groups excluding carboxylic acids is 1. The molecular formula is C13H19N3OS. The second-order valence-corrected chi connectivity index (χ2v) is 5.45. The standard InChI is InChI=1S/C13H19N3OS/c1-5-13(6-2,8-14)11(17)16-12-15-10(7-18-12)9(3)4/h7,9H,5-6H2,1-4H3,(H,15,16,17). The number of hydrogen-bond donors (Lipinski definition) is 1. The third-order valence-corrected chi connectivity index (χ3v) is 3.97. The molecule has 0 aliphatic rings. The van der Waals surface area contributed by atoms with Gasteiger partial charge >= 0.3 is 0 Å². The highest BCUT2D eigenvalue weighted by molar-refractivity contribution is 7.13. The van der Waals surface area contributed by atoms with Gasteiger partial charge in [-0.1, -0.05) is 27.7 Å². The van der Waals surface area contributed by atoms with Crippen molar-refractivity contribution >= 4 is 22.4 Å². The van der Waals surface area contributed by atoms with E-state index in [4.69, 9.17) is 0 Å². The van der Waals surface area contributed by atoms with Gasteiger partial charge in [-0.25, -0.2) is 4.98 Å². The number of thiazole rings is 1. The van der Waals surface area contributed by atoms with Gasteiger partial charge in [-0.05, 0) is 18.8 Å². The maximum absolute atomic E-state index is 12.1. The smallest absolute Gasteiger partial charge is 0.246 e. The number of anilines is 1. The van der Waals surface area contributed by atoms with Crippen LogP contribution in [0.4, 0.5) is 5.13 Å². The SMILES string of the molecule is CCC(C#N)(CC)C(=O)Nc1nc(C(C)C)cs1. The lowest BCUT2D eigenvalue weighted by molar-refractivity contribution is -0.123. The Morgan fingerprint density at radius 2 is 2.17 bits per heavy atom. The molecule has 0 fully saturated rings. The number of carbonyl (C=O) groups is 1. The van der Waals surface area contributed by atoms with Crippen LogP contribution in [-0.4, -0.2) is 10.9 Å². The average molecular weight is 265 g/mol. The van der Waals surface area contributed by atoms with Crippen LogP contribution in [0, 0.1) is 16.7 Å². The number of nitriles is 1. The van der Waals surface area contributed by atoms with E-state index in [1.165, 1.54) is 11.3 Å². The Balaban J connectivity index is 2.84. The highest BCUT2D eigenvalue weighted by Gasteiger charge is 2.35. The first-order valence-corrected chi connectivity index (χ1v) is 7.05. The van der Waals surface area contributed by atoms with E-state index in [2.05, 4.69) is 30.2 Å². The molecule has 1 N–H and O–H groups in total. The van der Waals surface area contributed by atoms with Gasteiger partial charge in [-0.3, -0.25) is 4.79 Å². The molecule has 4 nitrogen and oxygen atoms in total. The van der Waals surface area contributed by atoms with Crippen molar-refractivity contribution in [3.63, 3.8) is 0 Å². The third kappa shape index (κ3) is 2.88. The molecule has 0 spiro atoms. The van der Waals surface area contributed by atoms with Crippen LogP contribution in [0.2, 0.25) is 0 Å². The molecule has 0 bridgehead atoms. The van der Waals surface area contributed by atoms with Gasteiger partial charge < -0.3 is 5.32 Å². The first-order valence-electron chi connectivity index (χ1n) is 6.17. The van der Waals surface area contributed by atoms with E-state index >= 15 is 0 Å². The van der Waals surface area contributed by atoms with Crippen LogP contribution in [0.1, 0.15) is 52.1 Å². The molecule has 0 saturated heterocycles. The average Bonchev–Trinajstić information content (AvgIpc) is 2.81. The first-order chi connectivity index (χ1) is 8.49. The second kappa shape index (κ2) is 5.96.